The third-order valence-electron chi connectivity index (χ3n) is 5.59. The normalized spacial score (nSPS) is 11.2. The molecule has 3 rings (SSSR count). The maximum Gasteiger partial charge on any atom is 0.306 e. The Kier molecular flexibility index (Phi) is 10.8. The highest BCUT2D eigenvalue weighted by atomic mass is 32.1. The van der Waals surface area contributed by atoms with Crippen LogP contribution >= 0.6 is 12.2 Å². The van der Waals surface area contributed by atoms with Crippen molar-refractivity contribution in [2.75, 3.05) is 11.9 Å². The minimum Gasteiger partial charge on any atom is -0.466 e. The lowest BCUT2D eigenvalue weighted by Crippen LogP contribution is -2.35. The summed E-state index contributed by atoms with van der Waals surface area (Å²) in [6.07, 6.45) is 1.43. The Hall–Kier alpha value is -4.04. The summed E-state index contributed by atoms with van der Waals surface area (Å²) in [5.74, 6) is -1.13. The van der Waals surface area contributed by atoms with Crippen LogP contribution in [-0.4, -0.2) is 29.5 Å². The van der Waals surface area contributed by atoms with E-state index in [1.54, 1.807) is 24.3 Å². The van der Waals surface area contributed by atoms with Gasteiger partial charge in [0.1, 0.15) is 0 Å². The van der Waals surface area contributed by atoms with Crippen LogP contribution in [-0.2, 0) is 20.7 Å². The number of anilines is 1. The van der Waals surface area contributed by atoms with Crippen LogP contribution in [0.4, 0.5) is 5.69 Å². The molecule has 0 saturated heterocycles. The van der Waals surface area contributed by atoms with E-state index in [1.165, 1.54) is 5.56 Å². The second-order valence-electron chi connectivity index (χ2n) is 8.46. The molecule has 0 spiro atoms. The molecule has 3 aromatic carbocycles. The molecule has 8 heteroatoms. The number of carbonyl (C=O) groups is 3. The molecule has 2 amide bonds. The van der Waals surface area contributed by atoms with Crippen LogP contribution < -0.4 is 16.0 Å². The summed E-state index contributed by atoms with van der Waals surface area (Å²) < 4.78 is 5.21. The topological polar surface area (TPSA) is 96.5 Å². The minimum absolute atomic E-state index is 0.0394. The van der Waals surface area contributed by atoms with Crippen molar-refractivity contribution < 1.29 is 19.1 Å². The fourth-order valence-corrected chi connectivity index (χ4v) is 3.85. The van der Waals surface area contributed by atoms with Gasteiger partial charge in [0.15, 0.2) is 5.11 Å². The highest BCUT2D eigenvalue weighted by Crippen LogP contribution is 2.18. The fourth-order valence-electron chi connectivity index (χ4n) is 3.63. The van der Waals surface area contributed by atoms with Crippen LogP contribution in [0.1, 0.15) is 53.7 Å². The van der Waals surface area contributed by atoms with Crippen LogP contribution in [0, 0.1) is 0 Å². The molecule has 1 unspecified atom stereocenters. The van der Waals surface area contributed by atoms with E-state index in [-0.39, 0.29) is 29.9 Å². The van der Waals surface area contributed by atoms with Gasteiger partial charge in [0.2, 0.25) is 5.91 Å². The van der Waals surface area contributed by atoms with E-state index in [1.807, 2.05) is 67.6 Å². The Morgan fingerprint density at radius 3 is 2.24 bits per heavy atom. The van der Waals surface area contributed by atoms with Gasteiger partial charge < -0.3 is 20.7 Å². The molecule has 0 heterocycles. The van der Waals surface area contributed by atoms with Gasteiger partial charge in [-0.05, 0) is 55.2 Å². The second kappa shape index (κ2) is 14.5. The number of nitrogens with one attached hydrogen (secondary N) is 3. The SMILES string of the molecule is CC(NC(=O)c1ccccc1NC(=S)NC(=O)CCC(=O)OCCCc1ccccc1)c1ccccc1. The Morgan fingerprint density at radius 1 is 0.865 bits per heavy atom. The van der Waals surface area contributed by atoms with Crippen molar-refractivity contribution in [3.63, 3.8) is 0 Å². The van der Waals surface area contributed by atoms with Crippen LogP contribution in [0.15, 0.2) is 84.9 Å². The van der Waals surface area contributed by atoms with E-state index in [2.05, 4.69) is 16.0 Å². The summed E-state index contributed by atoms with van der Waals surface area (Å²) in [6, 6.07) is 26.3. The fraction of sp³-hybridized carbons (Fsp3) is 0.241. The monoisotopic (exact) mass is 517 g/mol. The first-order valence-corrected chi connectivity index (χ1v) is 12.6. The number of carbonyl (C=O) groups excluding carboxylic acids is 3. The number of esters is 1. The number of para-hydroxylation sites is 1. The summed E-state index contributed by atoms with van der Waals surface area (Å²) in [6.45, 7) is 2.21. The maximum atomic E-state index is 12.9. The van der Waals surface area contributed by atoms with E-state index in [0.29, 0.717) is 24.3 Å². The van der Waals surface area contributed by atoms with Gasteiger partial charge in [0, 0.05) is 6.42 Å². The third kappa shape index (κ3) is 9.50. The van der Waals surface area contributed by atoms with Crippen LogP contribution in [0.3, 0.4) is 0 Å². The van der Waals surface area contributed by atoms with Gasteiger partial charge >= 0.3 is 5.97 Å². The number of thiocarbonyl (C=S) groups is 1. The molecular formula is C29H31N3O4S. The lowest BCUT2D eigenvalue weighted by molar-refractivity contribution is -0.145. The van der Waals surface area contributed by atoms with E-state index < -0.39 is 11.9 Å². The van der Waals surface area contributed by atoms with Gasteiger partial charge in [-0.1, -0.05) is 72.8 Å². The number of ether oxygens (including phenoxy) is 1. The molecule has 0 bridgehead atoms. The molecule has 192 valence electrons. The molecule has 0 aliphatic heterocycles. The van der Waals surface area contributed by atoms with Crippen LogP contribution in [0.25, 0.3) is 0 Å². The quantitative estimate of drug-likeness (QED) is 0.189. The molecule has 1 atom stereocenters. The van der Waals surface area contributed by atoms with Gasteiger partial charge in [-0.15, -0.1) is 0 Å². The molecule has 0 aliphatic rings. The zero-order valence-corrected chi connectivity index (χ0v) is 21.6. The maximum absolute atomic E-state index is 12.9. The second-order valence-corrected chi connectivity index (χ2v) is 8.87. The molecule has 3 aromatic rings. The lowest BCUT2D eigenvalue weighted by Gasteiger charge is -2.17. The third-order valence-corrected chi connectivity index (χ3v) is 5.80. The minimum atomic E-state index is -0.434. The van der Waals surface area contributed by atoms with Crippen molar-refractivity contribution in [3.05, 3.63) is 102 Å². The summed E-state index contributed by atoms with van der Waals surface area (Å²) in [7, 11) is 0. The van der Waals surface area contributed by atoms with E-state index in [0.717, 1.165) is 12.0 Å². The van der Waals surface area contributed by atoms with Gasteiger partial charge in [-0.25, -0.2) is 0 Å². The number of benzene rings is 3. The van der Waals surface area contributed by atoms with Gasteiger partial charge in [-0.2, -0.15) is 0 Å². The number of hydrogen-bond donors (Lipinski definition) is 3. The largest absolute Gasteiger partial charge is 0.466 e. The van der Waals surface area contributed by atoms with E-state index >= 15 is 0 Å². The van der Waals surface area contributed by atoms with Gasteiger partial charge in [0.25, 0.3) is 5.91 Å². The molecule has 0 aliphatic carbocycles. The lowest BCUT2D eigenvalue weighted by atomic mass is 10.1. The standard InChI is InChI=1S/C29H31N3O4S/c1-21(23-14-6-3-7-15-23)30-28(35)24-16-8-9-17-25(24)31-29(37)32-26(33)18-19-27(34)36-20-10-13-22-11-4-2-5-12-22/h2-9,11-12,14-17,21H,10,13,18-20H2,1H3,(H,30,35)(H2,31,32,33,37). The number of aryl methyl sites for hydroxylation is 1. The van der Waals surface area contributed by atoms with Crippen molar-refractivity contribution in [1.29, 1.82) is 0 Å². The molecule has 37 heavy (non-hydrogen) atoms. The van der Waals surface area contributed by atoms with E-state index in [9.17, 15) is 14.4 Å². The first kappa shape index (κ1) is 27.5. The summed E-state index contributed by atoms with van der Waals surface area (Å²) >= 11 is 5.24. The van der Waals surface area contributed by atoms with Gasteiger partial charge in [-0.3, -0.25) is 14.4 Å². The zero-order chi connectivity index (χ0) is 26.5. The zero-order valence-electron chi connectivity index (χ0n) is 20.7. The number of rotatable bonds is 11. The average Bonchev–Trinajstić information content (AvgIpc) is 2.91. The summed E-state index contributed by atoms with van der Waals surface area (Å²) in [5, 5.41) is 8.46. The van der Waals surface area contributed by atoms with Crippen molar-refractivity contribution in [2.45, 2.75) is 38.6 Å². The van der Waals surface area contributed by atoms with Crippen molar-refractivity contribution >= 4 is 40.8 Å². The Balaban J connectivity index is 1.41. The van der Waals surface area contributed by atoms with Crippen molar-refractivity contribution in [1.82, 2.24) is 10.6 Å². The summed E-state index contributed by atoms with van der Waals surface area (Å²) in [4.78, 5) is 37.1. The average molecular weight is 518 g/mol. The number of amides is 2. The first-order valence-electron chi connectivity index (χ1n) is 12.2. The highest BCUT2D eigenvalue weighted by molar-refractivity contribution is 7.80. The van der Waals surface area contributed by atoms with Gasteiger partial charge in [0.05, 0.1) is 30.3 Å². The van der Waals surface area contributed by atoms with E-state index in [4.69, 9.17) is 17.0 Å². The highest BCUT2D eigenvalue weighted by Gasteiger charge is 2.16. The summed E-state index contributed by atoms with van der Waals surface area (Å²) in [5.41, 5.74) is 3.02. The molecule has 0 fully saturated rings. The van der Waals surface area contributed by atoms with Crippen molar-refractivity contribution in [2.24, 2.45) is 0 Å². The van der Waals surface area contributed by atoms with Crippen molar-refractivity contribution in [3.8, 4) is 0 Å². The smallest absolute Gasteiger partial charge is 0.306 e. The molecule has 7 nitrogen and oxygen atoms in total. The first-order chi connectivity index (χ1) is 17.9. The molecule has 0 radical (unpaired) electrons. The molecule has 0 aromatic heterocycles. The Morgan fingerprint density at radius 2 is 1.51 bits per heavy atom. The Labute approximate surface area is 222 Å². The van der Waals surface area contributed by atoms with Crippen LogP contribution in [0.2, 0.25) is 0 Å². The molecule has 3 N–H and O–H groups in total. The van der Waals surface area contributed by atoms with Crippen LogP contribution in [0.5, 0.6) is 0 Å². The molecular weight excluding hydrogens is 486 g/mol. The number of hydrogen-bond acceptors (Lipinski definition) is 5. The molecule has 0 saturated carbocycles. The Bertz CT molecular complexity index is 1200. The predicted octanol–water partition coefficient (Wildman–Crippen LogP) is 4.95. The predicted molar refractivity (Wildman–Crippen MR) is 148 cm³/mol.